The van der Waals surface area contributed by atoms with Gasteiger partial charge in [-0.2, -0.15) is 5.10 Å². The molecule has 0 bridgehead atoms. The molecule has 17 heavy (non-hydrogen) atoms. The Morgan fingerprint density at radius 3 is 2.94 bits per heavy atom. The van der Waals surface area contributed by atoms with Gasteiger partial charge in [0, 0.05) is 26.3 Å². The van der Waals surface area contributed by atoms with Crippen LogP contribution in [-0.4, -0.2) is 36.6 Å². The van der Waals surface area contributed by atoms with Crippen LogP contribution in [0.3, 0.4) is 0 Å². The number of Topliss-reactive ketones (excluding diaryl/α,β-unsaturated/α-hetero) is 1. The minimum absolute atomic E-state index is 0.0723. The van der Waals surface area contributed by atoms with Crippen LogP contribution in [0.4, 0.5) is 0 Å². The van der Waals surface area contributed by atoms with Gasteiger partial charge in [-0.1, -0.05) is 0 Å². The van der Waals surface area contributed by atoms with Gasteiger partial charge in [0.25, 0.3) is 0 Å². The van der Waals surface area contributed by atoms with E-state index in [1.54, 1.807) is 28.8 Å². The Labute approximate surface area is 98.3 Å². The molecule has 0 saturated carbocycles. The second kappa shape index (κ2) is 4.88. The Hall–Kier alpha value is -2.02. The Kier molecular flexibility index (Phi) is 3.29. The number of aryl methyl sites for hydroxylation is 1. The Bertz CT molecular complexity index is 514. The SMILES string of the molecule is Cn1ncnc1CC(=O)c1cn(CCN)cn1. The van der Waals surface area contributed by atoms with E-state index in [1.807, 2.05) is 0 Å². The van der Waals surface area contributed by atoms with Crippen molar-refractivity contribution in [3.8, 4) is 0 Å². The first-order chi connectivity index (χ1) is 8.20. The van der Waals surface area contributed by atoms with Crippen LogP contribution in [0.2, 0.25) is 0 Å². The van der Waals surface area contributed by atoms with Crippen LogP contribution in [0.25, 0.3) is 0 Å². The van der Waals surface area contributed by atoms with Gasteiger partial charge in [0.1, 0.15) is 17.8 Å². The maximum Gasteiger partial charge on any atom is 0.190 e. The summed E-state index contributed by atoms with van der Waals surface area (Å²) in [6, 6.07) is 0. The van der Waals surface area contributed by atoms with Gasteiger partial charge in [-0.3, -0.25) is 9.48 Å². The number of nitrogens with two attached hydrogens (primary N) is 1. The second-order valence-electron chi connectivity index (χ2n) is 3.69. The zero-order valence-corrected chi connectivity index (χ0v) is 9.58. The molecule has 2 N–H and O–H groups in total. The van der Waals surface area contributed by atoms with Crippen molar-refractivity contribution in [2.24, 2.45) is 12.8 Å². The number of imidazole rings is 1. The normalized spacial score (nSPS) is 10.7. The number of hydrogen-bond acceptors (Lipinski definition) is 5. The van der Waals surface area contributed by atoms with Crippen molar-refractivity contribution in [3.63, 3.8) is 0 Å². The molecule has 7 heteroatoms. The molecule has 2 rings (SSSR count). The van der Waals surface area contributed by atoms with Crippen LogP contribution in [-0.2, 0) is 20.0 Å². The zero-order valence-electron chi connectivity index (χ0n) is 9.58. The van der Waals surface area contributed by atoms with Crippen LogP contribution < -0.4 is 5.73 Å². The Balaban J connectivity index is 2.07. The average molecular weight is 234 g/mol. The quantitative estimate of drug-likeness (QED) is 0.697. The van der Waals surface area contributed by atoms with E-state index in [0.29, 0.717) is 24.6 Å². The van der Waals surface area contributed by atoms with Gasteiger partial charge in [-0.05, 0) is 0 Å². The fourth-order valence-electron chi connectivity index (χ4n) is 1.49. The first-order valence-corrected chi connectivity index (χ1v) is 5.28. The van der Waals surface area contributed by atoms with E-state index in [1.165, 1.54) is 6.33 Å². The fraction of sp³-hybridized carbons (Fsp3) is 0.400. The van der Waals surface area contributed by atoms with Gasteiger partial charge in [0.05, 0.1) is 12.7 Å². The van der Waals surface area contributed by atoms with Crippen LogP contribution in [0.15, 0.2) is 18.9 Å². The Morgan fingerprint density at radius 1 is 1.47 bits per heavy atom. The van der Waals surface area contributed by atoms with Crippen molar-refractivity contribution in [2.75, 3.05) is 6.54 Å². The van der Waals surface area contributed by atoms with Crippen molar-refractivity contribution in [2.45, 2.75) is 13.0 Å². The average Bonchev–Trinajstić information content (AvgIpc) is 2.90. The molecule has 0 aliphatic carbocycles. The van der Waals surface area contributed by atoms with Gasteiger partial charge in [0.15, 0.2) is 5.78 Å². The maximum absolute atomic E-state index is 11.9. The molecule has 0 saturated heterocycles. The molecule has 2 aromatic rings. The first-order valence-electron chi connectivity index (χ1n) is 5.28. The summed E-state index contributed by atoms with van der Waals surface area (Å²) in [6.45, 7) is 1.18. The lowest BCUT2D eigenvalue weighted by Crippen LogP contribution is -2.10. The molecule has 0 radical (unpaired) electrons. The topological polar surface area (TPSA) is 91.6 Å². The summed E-state index contributed by atoms with van der Waals surface area (Å²) in [7, 11) is 1.75. The third-order valence-corrected chi connectivity index (χ3v) is 2.43. The van der Waals surface area contributed by atoms with Gasteiger partial charge in [-0.25, -0.2) is 9.97 Å². The number of aromatic nitrogens is 5. The monoisotopic (exact) mass is 234 g/mol. The summed E-state index contributed by atoms with van der Waals surface area (Å²) in [5.74, 6) is 0.556. The molecule has 0 atom stereocenters. The Morgan fingerprint density at radius 2 is 2.29 bits per heavy atom. The van der Waals surface area contributed by atoms with Gasteiger partial charge >= 0.3 is 0 Å². The summed E-state index contributed by atoms with van der Waals surface area (Å²) in [6.07, 6.45) is 4.94. The predicted octanol–water partition coefficient (Wildman–Crippen LogP) is -0.604. The standard InChI is InChI=1S/C10H14N6O/c1-15-10(12-6-14-15)4-9(17)8-5-16(3-2-11)7-13-8/h5-7H,2-4,11H2,1H3. The number of ketones is 1. The molecule has 0 unspecified atom stereocenters. The molecule has 90 valence electrons. The van der Waals surface area contributed by atoms with Crippen LogP contribution in [0.5, 0.6) is 0 Å². The molecule has 7 nitrogen and oxygen atoms in total. The number of carbonyl (C=O) groups is 1. The smallest absolute Gasteiger partial charge is 0.190 e. The third kappa shape index (κ3) is 2.56. The largest absolute Gasteiger partial charge is 0.335 e. The molecule has 2 heterocycles. The summed E-state index contributed by atoms with van der Waals surface area (Å²) < 4.78 is 3.37. The van der Waals surface area contributed by atoms with Crippen molar-refractivity contribution in [3.05, 3.63) is 30.4 Å². The highest BCUT2D eigenvalue weighted by Gasteiger charge is 2.13. The second-order valence-corrected chi connectivity index (χ2v) is 3.69. The molecule has 0 aliphatic heterocycles. The van der Waals surface area contributed by atoms with E-state index in [9.17, 15) is 4.79 Å². The predicted molar refractivity (Wildman–Crippen MR) is 60.3 cm³/mol. The third-order valence-electron chi connectivity index (χ3n) is 2.43. The van der Waals surface area contributed by atoms with E-state index in [4.69, 9.17) is 5.73 Å². The van der Waals surface area contributed by atoms with E-state index in [2.05, 4.69) is 15.1 Å². The van der Waals surface area contributed by atoms with Gasteiger partial charge in [-0.15, -0.1) is 0 Å². The maximum atomic E-state index is 11.9. The summed E-state index contributed by atoms with van der Waals surface area (Å²) in [5.41, 5.74) is 5.85. The highest BCUT2D eigenvalue weighted by molar-refractivity contribution is 5.95. The van der Waals surface area contributed by atoms with Crippen molar-refractivity contribution >= 4 is 5.78 Å². The van der Waals surface area contributed by atoms with Crippen LogP contribution >= 0.6 is 0 Å². The number of carbonyl (C=O) groups excluding carboxylic acids is 1. The number of nitrogens with zero attached hydrogens (tertiary/aromatic N) is 5. The van der Waals surface area contributed by atoms with E-state index in [0.717, 1.165) is 0 Å². The summed E-state index contributed by atoms with van der Waals surface area (Å²) in [4.78, 5) is 19.9. The lowest BCUT2D eigenvalue weighted by molar-refractivity contribution is 0.0985. The minimum atomic E-state index is -0.0723. The van der Waals surface area contributed by atoms with E-state index < -0.39 is 0 Å². The zero-order chi connectivity index (χ0) is 12.3. The molecule has 0 aromatic carbocycles. The molecule has 0 aliphatic rings. The number of hydrogen-bond donors (Lipinski definition) is 1. The number of rotatable bonds is 5. The molecule has 0 fully saturated rings. The highest BCUT2D eigenvalue weighted by Crippen LogP contribution is 2.02. The summed E-state index contributed by atoms with van der Waals surface area (Å²) in [5, 5.41) is 3.91. The molecule has 0 amide bonds. The van der Waals surface area contributed by atoms with E-state index in [-0.39, 0.29) is 12.2 Å². The molecular weight excluding hydrogens is 220 g/mol. The van der Waals surface area contributed by atoms with Crippen molar-refractivity contribution in [1.82, 2.24) is 24.3 Å². The van der Waals surface area contributed by atoms with E-state index >= 15 is 0 Å². The molecule has 2 aromatic heterocycles. The van der Waals surface area contributed by atoms with Gasteiger partial charge in [0.2, 0.25) is 0 Å². The van der Waals surface area contributed by atoms with Crippen molar-refractivity contribution < 1.29 is 4.79 Å². The minimum Gasteiger partial charge on any atom is -0.335 e. The van der Waals surface area contributed by atoms with Gasteiger partial charge < -0.3 is 10.3 Å². The van der Waals surface area contributed by atoms with Crippen molar-refractivity contribution in [1.29, 1.82) is 0 Å². The fourth-order valence-corrected chi connectivity index (χ4v) is 1.49. The van der Waals surface area contributed by atoms with Crippen LogP contribution in [0, 0.1) is 0 Å². The first kappa shape index (κ1) is 11.5. The lowest BCUT2D eigenvalue weighted by atomic mass is 10.2. The highest BCUT2D eigenvalue weighted by atomic mass is 16.1. The van der Waals surface area contributed by atoms with Crippen LogP contribution in [0.1, 0.15) is 16.3 Å². The summed E-state index contributed by atoms with van der Waals surface area (Å²) >= 11 is 0. The molecular formula is C10H14N6O. The lowest BCUT2D eigenvalue weighted by Gasteiger charge is -1.98. The molecule has 0 spiro atoms.